The van der Waals surface area contributed by atoms with E-state index in [9.17, 15) is 8.42 Å². The van der Waals surface area contributed by atoms with Crippen LogP contribution in [0.1, 0.15) is 55.3 Å². The molecule has 23 heavy (non-hydrogen) atoms. The summed E-state index contributed by atoms with van der Waals surface area (Å²) in [4.78, 5) is 4.82. The number of hydrogen-bond acceptors (Lipinski definition) is 3. The molecule has 1 aliphatic carbocycles. The van der Waals surface area contributed by atoms with Crippen molar-refractivity contribution in [2.75, 3.05) is 6.26 Å². The van der Waals surface area contributed by atoms with E-state index in [1.807, 2.05) is 25.3 Å². The molecule has 0 bridgehead atoms. The fraction of sp³-hybridized carbons (Fsp3) is 0.421. The molecule has 0 amide bonds. The van der Waals surface area contributed by atoms with E-state index in [4.69, 9.17) is 0 Å². The molecule has 1 aromatic heterocycles. The molecule has 0 radical (unpaired) electrons. The van der Waals surface area contributed by atoms with E-state index in [0.29, 0.717) is 16.7 Å². The highest BCUT2D eigenvalue weighted by Crippen LogP contribution is 2.46. The van der Waals surface area contributed by atoms with Gasteiger partial charge in [0, 0.05) is 18.1 Å². The first kappa shape index (κ1) is 16.2. The minimum Gasteiger partial charge on any atom is -0.261 e. The number of benzene rings is 1. The number of hydrogen-bond donors (Lipinski definition) is 0. The molecule has 0 aliphatic heterocycles. The second-order valence-corrected chi connectivity index (χ2v) is 8.88. The first-order valence-corrected chi connectivity index (χ1v) is 9.97. The Morgan fingerprint density at radius 1 is 1.13 bits per heavy atom. The molecular formula is C19H23NO2S. The first-order valence-electron chi connectivity index (χ1n) is 8.08. The molecule has 3 nitrogen and oxygen atoms in total. The highest BCUT2D eigenvalue weighted by Gasteiger charge is 2.28. The second kappa shape index (κ2) is 5.75. The number of aryl methyl sites for hydroxylation is 1. The third kappa shape index (κ3) is 3.32. The van der Waals surface area contributed by atoms with Gasteiger partial charge in [0.15, 0.2) is 9.84 Å². The van der Waals surface area contributed by atoms with Crippen molar-refractivity contribution in [2.24, 2.45) is 0 Å². The summed E-state index contributed by atoms with van der Waals surface area (Å²) in [6.45, 7) is 6.27. The van der Waals surface area contributed by atoms with Crippen molar-refractivity contribution in [1.29, 1.82) is 0 Å². The summed E-state index contributed by atoms with van der Waals surface area (Å²) in [6.07, 6.45) is 5.57. The van der Waals surface area contributed by atoms with Gasteiger partial charge in [-0.3, -0.25) is 4.98 Å². The molecule has 0 N–H and O–H groups in total. The maximum absolute atomic E-state index is 12.0. The number of pyridine rings is 1. The Kier molecular flexibility index (Phi) is 4.05. The van der Waals surface area contributed by atoms with E-state index < -0.39 is 9.84 Å². The Bertz CT molecular complexity index is 850. The third-order valence-corrected chi connectivity index (χ3v) is 5.56. The third-order valence-electron chi connectivity index (χ3n) is 4.45. The standard InChI is InChI=1S/C19H23NO2S/c1-12(2)19-11-20-13(3)9-17(19)18-10-15(23(4,21)22)7-8-16(18)14-5-6-14/h7-12,14H,5-6H2,1-4H3. The van der Waals surface area contributed by atoms with Crippen molar-refractivity contribution < 1.29 is 8.42 Å². The summed E-state index contributed by atoms with van der Waals surface area (Å²) < 4.78 is 24.0. The molecule has 0 unspecified atom stereocenters. The normalized spacial score (nSPS) is 15.2. The van der Waals surface area contributed by atoms with E-state index in [0.717, 1.165) is 16.8 Å². The van der Waals surface area contributed by atoms with Gasteiger partial charge in [-0.2, -0.15) is 0 Å². The van der Waals surface area contributed by atoms with Crippen molar-refractivity contribution in [1.82, 2.24) is 4.98 Å². The molecule has 4 heteroatoms. The second-order valence-electron chi connectivity index (χ2n) is 6.86. The zero-order valence-electron chi connectivity index (χ0n) is 14.1. The zero-order valence-corrected chi connectivity index (χ0v) is 14.9. The summed E-state index contributed by atoms with van der Waals surface area (Å²) in [6, 6.07) is 7.69. The van der Waals surface area contributed by atoms with Crippen LogP contribution < -0.4 is 0 Å². The quantitative estimate of drug-likeness (QED) is 0.832. The molecule has 0 spiro atoms. The molecule has 1 fully saturated rings. The van der Waals surface area contributed by atoms with Crippen molar-refractivity contribution in [3.8, 4) is 11.1 Å². The predicted octanol–water partition coefficient (Wildman–Crippen LogP) is 4.46. The minimum absolute atomic E-state index is 0.340. The van der Waals surface area contributed by atoms with Gasteiger partial charge in [0.2, 0.25) is 0 Å². The van der Waals surface area contributed by atoms with Crippen LogP contribution in [0.2, 0.25) is 0 Å². The average Bonchev–Trinajstić information content (AvgIpc) is 3.29. The summed E-state index contributed by atoms with van der Waals surface area (Å²) in [7, 11) is -3.21. The van der Waals surface area contributed by atoms with Crippen molar-refractivity contribution >= 4 is 9.84 Å². The molecule has 1 aliphatic rings. The van der Waals surface area contributed by atoms with Crippen molar-refractivity contribution in [2.45, 2.75) is 50.3 Å². The first-order chi connectivity index (χ1) is 10.8. The Balaban J connectivity index is 2.27. The predicted molar refractivity (Wildman–Crippen MR) is 93.6 cm³/mol. The molecule has 1 aromatic carbocycles. The van der Waals surface area contributed by atoms with Gasteiger partial charge in [-0.15, -0.1) is 0 Å². The monoisotopic (exact) mass is 329 g/mol. The highest BCUT2D eigenvalue weighted by molar-refractivity contribution is 7.90. The van der Waals surface area contributed by atoms with Gasteiger partial charge in [0.25, 0.3) is 0 Å². The largest absolute Gasteiger partial charge is 0.261 e. The number of sulfone groups is 1. The van der Waals surface area contributed by atoms with Gasteiger partial charge in [0.1, 0.15) is 0 Å². The van der Waals surface area contributed by atoms with Crippen molar-refractivity contribution in [3.63, 3.8) is 0 Å². The fourth-order valence-electron chi connectivity index (χ4n) is 3.01. The number of rotatable bonds is 4. The van der Waals surface area contributed by atoms with E-state index >= 15 is 0 Å². The van der Waals surface area contributed by atoms with Crippen LogP contribution in [0, 0.1) is 6.92 Å². The summed E-state index contributed by atoms with van der Waals surface area (Å²) in [5.74, 6) is 0.902. The number of nitrogens with zero attached hydrogens (tertiary/aromatic N) is 1. The van der Waals surface area contributed by atoms with Crippen LogP contribution >= 0.6 is 0 Å². The summed E-state index contributed by atoms with van der Waals surface area (Å²) >= 11 is 0. The fourth-order valence-corrected chi connectivity index (χ4v) is 3.66. The number of aromatic nitrogens is 1. The lowest BCUT2D eigenvalue weighted by molar-refractivity contribution is 0.602. The van der Waals surface area contributed by atoms with Crippen molar-refractivity contribution in [3.05, 3.63) is 47.3 Å². The van der Waals surface area contributed by atoms with Gasteiger partial charge in [-0.1, -0.05) is 19.9 Å². The lowest BCUT2D eigenvalue weighted by Crippen LogP contribution is -2.02. The highest BCUT2D eigenvalue weighted by atomic mass is 32.2. The molecule has 122 valence electrons. The minimum atomic E-state index is -3.21. The maximum Gasteiger partial charge on any atom is 0.175 e. The molecule has 3 rings (SSSR count). The summed E-state index contributed by atoms with van der Waals surface area (Å²) in [5, 5.41) is 0. The topological polar surface area (TPSA) is 47.0 Å². The smallest absolute Gasteiger partial charge is 0.175 e. The lowest BCUT2D eigenvalue weighted by atomic mass is 9.90. The van der Waals surface area contributed by atoms with E-state index in [1.54, 1.807) is 6.07 Å². The van der Waals surface area contributed by atoms with Gasteiger partial charge in [0.05, 0.1) is 4.90 Å². The van der Waals surface area contributed by atoms with Crippen LogP contribution in [0.5, 0.6) is 0 Å². The Hall–Kier alpha value is -1.68. The van der Waals surface area contributed by atoms with E-state index in [-0.39, 0.29) is 0 Å². The molecule has 0 atom stereocenters. The Morgan fingerprint density at radius 2 is 1.83 bits per heavy atom. The molecule has 0 saturated heterocycles. The van der Waals surface area contributed by atoms with Gasteiger partial charge >= 0.3 is 0 Å². The van der Waals surface area contributed by atoms with Gasteiger partial charge < -0.3 is 0 Å². The van der Waals surface area contributed by atoms with Crippen LogP contribution in [0.15, 0.2) is 35.4 Å². The van der Waals surface area contributed by atoms with E-state index in [1.165, 1.54) is 30.2 Å². The molecule has 2 aromatic rings. The Labute approximate surface area is 138 Å². The lowest BCUT2D eigenvalue weighted by Gasteiger charge is -2.17. The van der Waals surface area contributed by atoms with Crippen LogP contribution in [-0.4, -0.2) is 19.7 Å². The summed E-state index contributed by atoms with van der Waals surface area (Å²) in [5.41, 5.74) is 5.58. The van der Waals surface area contributed by atoms with Gasteiger partial charge in [-0.05, 0) is 72.1 Å². The maximum atomic E-state index is 12.0. The SMILES string of the molecule is Cc1cc(-c2cc(S(C)(=O)=O)ccc2C2CC2)c(C(C)C)cn1. The molecular weight excluding hydrogens is 306 g/mol. The Morgan fingerprint density at radius 3 is 2.39 bits per heavy atom. The van der Waals surface area contributed by atoms with Crippen LogP contribution in [0.4, 0.5) is 0 Å². The molecule has 1 heterocycles. The zero-order chi connectivity index (χ0) is 16.8. The van der Waals surface area contributed by atoms with Gasteiger partial charge in [-0.25, -0.2) is 8.42 Å². The van der Waals surface area contributed by atoms with Crippen LogP contribution in [0.25, 0.3) is 11.1 Å². The average molecular weight is 329 g/mol. The van der Waals surface area contributed by atoms with E-state index in [2.05, 4.69) is 24.9 Å². The van der Waals surface area contributed by atoms with Crippen LogP contribution in [0.3, 0.4) is 0 Å². The van der Waals surface area contributed by atoms with Crippen LogP contribution in [-0.2, 0) is 9.84 Å². The molecule has 1 saturated carbocycles.